The lowest BCUT2D eigenvalue weighted by Crippen LogP contribution is -2.48. The maximum atomic E-state index is 15.8. The molecule has 2 bridgehead atoms. The minimum atomic E-state index is -4.28. The van der Waals surface area contributed by atoms with Crippen LogP contribution in [0.1, 0.15) is 5.82 Å². The molecule has 3 unspecified atom stereocenters. The molecule has 214 valence electrons. The van der Waals surface area contributed by atoms with Crippen LogP contribution in [-0.2, 0) is 57.1 Å². The van der Waals surface area contributed by atoms with Gasteiger partial charge in [-0.25, -0.2) is 23.9 Å². The second kappa shape index (κ2) is 10.6. The van der Waals surface area contributed by atoms with Crippen molar-refractivity contribution >= 4 is 66.8 Å². The first-order chi connectivity index (χ1) is 19.0. The number of ether oxygens (including phenoxy) is 1. The highest BCUT2D eigenvalue weighted by Crippen LogP contribution is 2.57. The molecule has 2 aromatic heterocycles. The molecule has 1 fully saturated rings. The number of fused-ring (bicyclic) bond motifs is 6. The van der Waals surface area contributed by atoms with Gasteiger partial charge in [0.2, 0.25) is 0 Å². The highest BCUT2D eigenvalue weighted by atomic mass is 32.7. The lowest BCUT2D eigenvalue weighted by atomic mass is 10.1. The molecule has 3 N–H and O–H groups in total. The average Bonchev–Trinajstić information content (AvgIpc) is 3.55. The highest BCUT2D eigenvalue weighted by Gasteiger charge is 2.54. The van der Waals surface area contributed by atoms with Crippen molar-refractivity contribution < 1.29 is 41.5 Å². The Bertz CT molecular complexity index is 1540. The SMILES string of the molecule is N=C1C=C2C(N=CN2[C@@H]2O[C@@H]3COP(O)(=S)OCCn4c(nc5cncnc54)COP(=O)(S)O[C@@H]2[C@@H]3F)C(=O)N1. The number of alkyl halides is 1. The van der Waals surface area contributed by atoms with Crippen LogP contribution in [0, 0.1) is 5.41 Å². The molecule has 4 aliphatic rings. The first-order valence-corrected chi connectivity index (χ1v) is 16.9. The third-order valence-electron chi connectivity index (χ3n) is 6.33. The van der Waals surface area contributed by atoms with Gasteiger partial charge in [-0.3, -0.25) is 24.2 Å². The number of rotatable bonds is 1. The summed E-state index contributed by atoms with van der Waals surface area (Å²) in [7, 11) is 0. The van der Waals surface area contributed by atoms with Gasteiger partial charge < -0.3 is 33.5 Å². The fraction of sp³-hybridized carbons (Fsp3) is 0.474. The van der Waals surface area contributed by atoms with E-state index in [4.69, 9.17) is 40.0 Å². The molecule has 0 aromatic carbocycles. The zero-order valence-corrected chi connectivity index (χ0v) is 23.6. The van der Waals surface area contributed by atoms with E-state index in [-0.39, 0.29) is 37.1 Å². The molecule has 21 heteroatoms. The first kappa shape index (κ1) is 28.0. The standard InChI is InChI=1S/C19H21FN8O8P2S2/c20-14-11-5-33-37(30,39)32-2-1-27-13(25-9-4-22-7-23-17(9)27)6-34-38(31,40)36-16(14)19(35-11)28-8-24-15-10(28)3-12(21)26-18(15)29/h3-4,7-8,11,14-16,19H,1-2,5-6H2,(H,30,39)(H,31,40)(H2,21,26,29)/t11-,14-,15?,16-,19-,37?,38?/m1/s1. The van der Waals surface area contributed by atoms with E-state index < -0.39 is 56.7 Å². The van der Waals surface area contributed by atoms with Gasteiger partial charge in [0.1, 0.15) is 42.3 Å². The molecule has 0 spiro atoms. The summed E-state index contributed by atoms with van der Waals surface area (Å²) in [6.07, 6.45) is -0.947. The monoisotopic (exact) mass is 634 g/mol. The zero-order chi connectivity index (χ0) is 28.2. The summed E-state index contributed by atoms with van der Waals surface area (Å²) >= 11 is 9.15. The third-order valence-corrected chi connectivity index (χ3v) is 9.54. The number of nitrogens with zero attached hydrogens (tertiary/aromatic N) is 6. The largest absolute Gasteiger partial charge is 0.387 e. The van der Waals surface area contributed by atoms with Crippen LogP contribution < -0.4 is 5.32 Å². The van der Waals surface area contributed by atoms with Gasteiger partial charge in [0.15, 0.2) is 24.1 Å². The highest BCUT2D eigenvalue weighted by molar-refractivity contribution is 8.44. The number of halogens is 1. The molecule has 0 radical (unpaired) electrons. The number of thiol groups is 1. The quantitative estimate of drug-likeness (QED) is 0.254. The maximum Gasteiger partial charge on any atom is 0.387 e. The second-order valence-electron chi connectivity index (χ2n) is 8.88. The fourth-order valence-corrected chi connectivity index (χ4v) is 7.08. The lowest BCUT2D eigenvalue weighted by Gasteiger charge is -2.31. The van der Waals surface area contributed by atoms with E-state index in [9.17, 15) is 14.3 Å². The first-order valence-electron chi connectivity index (χ1n) is 11.7. The van der Waals surface area contributed by atoms with Crippen LogP contribution in [0.25, 0.3) is 11.2 Å². The van der Waals surface area contributed by atoms with Crippen molar-refractivity contribution in [2.75, 3.05) is 13.2 Å². The number of imidazole rings is 1. The summed E-state index contributed by atoms with van der Waals surface area (Å²) in [5, 5.41) is 10.2. The number of carbonyl (C=O) groups excluding carboxylic acids is 1. The van der Waals surface area contributed by atoms with Gasteiger partial charge >= 0.3 is 13.5 Å². The van der Waals surface area contributed by atoms with E-state index in [2.05, 4.69) is 37.5 Å². The minimum absolute atomic E-state index is 0.107. The van der Waals surface area contributed by atoms with Gasteiger partial charge in [0.05, 0.1) is 31.4 Å². The van der Waals surface area contributed by atoms with Gasteiger partial charge in [-0.05, 0) is 11.8 Å². The van der Waals surface area contributed by atoms with Crippen molar-refractivity contribution in [2.45, 2.75) is 43.8 Å². The maximum absolute atomic E-state index is 15.8. The Morgan fingerprint density at radius 1 is 1.32 bits per heavy atom. The molecular weight excluding hydrogens is 613 g/mol. The van der Waals surface area contributed by atoms with Crippen LogP contribution in [-0.4, -0.2) is 91.3 Å². The van der Waals surface area contributed by atoms with E-state index in [1.165, 1.54) is 29.8 Å². The van der Waals surface area contributed by atoms with Gasteiger partial charge in [-0.15, -0.1) is 0 Å². The Morgan fingerprint density at radius 2 is 2.15 bits per heavy atom. The van der Waals surface area contributed by atoms with Crippen LogP contribution >= 0.6 is 25.8 Å². The second-order valence-corrected chi connectivity index (χ2v) is 14.6. The van der Waals surface area contributed by atoms with Gasteiger partial charge in [-0.1, -0.05) is 12.2 Å². The number of hydrogen-bond acceptors (Lipinski definition) is 14. The van der Waals surface area contributed by atoms with Crippen molar-refractivity contribution in [2.24, 2.45) is 4.99 Å². The number of hydrogen-bond donors (Lipinski definition) is 4. The molecule has 6 heterocycles. The van der Waals surface area contributed by atoms with Crippen LogP contribution in [0.4, 0.5) is 4.39 Å². The summed E-state index contributed by atoms with van der Waals surface area (Å²) in [6, 6.07) is -1.00. The molecule has 7 atom stereocenters. The number of amidine groups is 1. The molecule has 16 nitrogen and oxygen atoms in total. The predicted octanol–water partition coefficient (Wildman–Crippen LogP) is 0.796. The van der Waals surface area contributed by atoms with E-state index in [0.29, 0.717) is 11.2 Å². The smallest absolute Gasteiger partial charge is 0.346 e. The van der Waals surface area contributed by atoms with Crippen LogP contribution in [0.3, 0.4) is 0 Å². The molecule has 1 saturated heterocycles. The molecule has 4 aliphatic heterocycles. The Kier molecular flexibility index (Phi) is 7.40. The van der Waals surface area contributed by atoms with E-state index in [0.717, 1.165) is 0 Å². The summed E-state index contributed by atoms with van der Waals surface area (Å²) in [4.78, 5) is 40.8. The minimum Gasteiger partial charge on any atom is -0.346 e. The molecule has 1 amide bonds. The van der Waals surface area contributed by atoms with Crippen LogP contribution in [0.5, 0.6) is 0 Å². The number of nitrogens with one attached hydrogen (secondary N) is 2. The predicted molar refractivity (Wildman–Crippen MR) is 142 cm³/mol. The van der Waals surface area contributed by atoms with Gasteiger partial charge in [0, 0.05) is 12.6 Å². The summed E-state index contributed by atoms with van der Waals surface area (Å²) in [6.45, 7) is -9.08. The number of amides is 1. The third kappa shape index (κ3) is 5.38. The number of aromatic nitrogens is 4. The summed E-state index contributed by atoms with van der Waals surface area (Å²) in [5.41, 5.74) is 1.04. The average molecular weight is 635 g/mol. The van der Waals surface area contributed by atoms with Crippen LogP contribution in [0.15, 0.2) is 29.3 Å². The fourth-order valence-electron chi connectivity index (χ4n) is 4.59. The molecule has 6 rings (SSSR count). The van der Waals surface area contributed by atoms with Crippen LogP contribution in [0.2, 0.25) is 0 Å². The van der Waals surface area contributed by atoms with Crippen molar-refractivity contribution in [3.05, 3.63) is 30.1 Å². The topological polar surface area (TPSA) is 196 Å². The lowest BCUT2D eigenvalue weighted by molar-refractivity contribution is -0.120. The zero-order valence-electron chi connectivity index (χ0n) is 20.1. The normalized spacial score (nSPS) is 36.9. The van der Waals surface area contributed by atoms with Crippen molar-refractivity contribution in [1.29, 1.82) is 5.41 Å². The Morgan fingerprint density at radius 3 is 2.98 bits per heavy atom. The van der Waals surface area contributed by atoms with Gasteiger partial charge in [0.25, 0.3) is 5.91 Å². The van der Waals surface area contributed by atoms with Crippen molar-refractivity contribution in [3.63, 3.8) is 0 Å². The van der Waals surface area contributed by atoms with E-state index in [1.807, 2.05) is 0 Å². The van der Waals surface area contributed by atoms with E-state index in [1.54, 1.807) is 4.57 Å². The number of aliphatic imine (C=N–C) groups is 1. The van der Waals surface area contributed by atoms with E-state index >= 15 is 4.39 Å². The molecule has 2 aromatic rings. The molecular formula is C19H21FN8O8P2S2. The summed E-state index contributed by atoms with van der Waals surface area (Å²) in [5.74, 6) is -0.515. The summed E-state index contributed by atoms with van der Waals surface area (Å²) < 4.78 is 58.5. The molecule has 40 heavy (non-hydrogen) atoms. The Hall–Kier alpha value is -2.18. The molecule has 0 saturated carbocycles. The Labute approximate surface area is 235 Å². The Balaban J connectivity index is 1.33. The molecule has 0 aliphatic carbocycles. The van der Waals surface area contributed by atoms with Crippen molar-refractivity contribution in [1.82, 2.24) is 29.7 Å². The number of carbonyl (C=O) groups is 1. The van der Waals surface area contributed by atoms with Crippen molar-refractivity contribution in [3.8, 4) is 0 Å². The van der Waals surface area contributed by atoms with Gasteiger partial charge in [-0.2, -0.15) is 0 Å².